The van der Waals surface area contributed by atoms with E-state index >= 15 is 0 Å². The molecule has 0 saturated heterocycles. The molecule has 0 fully saturated rings. The van der Waals surface area contributed by atoms with Gasteiger partial charge in [-0.2, -0.15) is 4.99 Å². The van der Waals surface area contributed by atoms with Gasteiger partial charge >= 0.3 is 0 Å². The molecule has 0 saturated carbocycles. The molecule has 1 atom stereocenters. The number of hydrogen-bond donors (Lipinski definition) is 1. The van der Waals surface area contributed by atoms with E-state index in [1.165, 1.54) is 19.3 Å². The molecule has 1 N–H and O–H groups in total. The van der Waals surface area contributed by atoms with Crippen molar-refractivity contribution in [3.05, 3.63) is 22.7 Å². The van der Waals surface area contributed by atoms with E-state index in [1.54, 1.807) is 13.0 Å². The molecule has 0 bridgehead atoms. The van der Waals surface area contributed by atoms with Gasteiger partial charge in [0.05, 0.1) is 13.2 Å². The van der Waals surface area contributed by atoms with Crippen LogP contribution in [0, 0.1) is 0 Å². The van der Waals surface area contributed by atoms with Crippen LogP contribution in [-0.4, -0.2) is 18.3 Å². The molecule has 1 rings (SSSR count). The Labute approximate surface area is 92.2 Å². The van der Waals surface area contributed by atoms with Crippen molar-refractivity contribution in [2.45, 2.75) is 13.0 Å². The number of rotatable bonds is 3. The number of phenols is 1. The van der Waals surface area contributed by atoms with Gasteiger partial charge in [0, 0.05) is 11.1 Å². The van der Waals surface area contributed by atoms with Gasteiger partial charge in [0.2, 0.25) is 6.08 Å². The molecule has 5 heteroatoms. The molecular formula is C10H10ClNO3. The number of nitrogens with zero attached hydrogens (tertiary/aromatic N) is 1. The molecule has 0 spiro atoms. The van der Waals surface area contributed by atoms with Crippen molar-refractivity contribution in [2.75, 3.05) is 7.11 Å². The van der Waals surface area contributed by atoms with E-state index < -0.39 is 6.04 Å². The van der Waals surface area contributed by atoms with E-state index in [1.807, 2.05) is 0 Å². The van der Waals surface area contributed by atoms with Gasteiger partial charge in [0.25, 0.3) is 0 Å². The van der Waals surface area contributed by atoms with Gasteiger partial charge < -0.3 is 9.84 Å². The van der Waals surface area contributed by atoms with E-state index in [0.29, 0.717) is 16.3 Å². The zero-order chi connectivity index (χ0) is 11.4. The smallest absolute Gasteiger partial charge is 0.235 e. The van der Waals surface area contributed by atoms with Crippen molar-refractivity contribution in [1.29, 1.82) is 0 Å². The molecule has 1 aromatic carbocycles. The molecule has 0 heterocycles. The molecular weight excluding hydrogens is 218 g/mol. The van der Waals surface area contributed by atoms with Crippen LogP contribution in [0.25, 0.3) is 0 Å². The maximum absolute atomic E-state index is 10.1. The predicted molar refractivity (Wildman–Crippen MR) is 56.2 cm³/mol. The van der Waals surface area contributed by atoms with Crippen molar-refractivity contribution in [3.63, 3.8) is 0 Å². The van der Waals surface area contributed by atoms with E-state index in [2.05, 4.69) is 4.99 Å². The van der Waals surface area contributed by atoms with E-state index in [-0.39, 0.29) is 5.75 Å². The largest absolute Gasteiger partial charge is 0.504 e. The molecule has 1 unspecified atom stereocenters. The highest BCUT2D eigenvalue weighted by Crippen LogP contribution is 2.35. The van der Waals surface area contributed by atoms with Crippen LogP contribution in [0.5, 0.6) is 11.5 Å². The summed E-state index contributed by atoms with van der Waals surface area (Å²) in [6.45, 7) is 1.70. The Bertz CT molecular complexity index is 413. The van der Waals surface area contributed by atoms with Crippen LogP contribution in [-0.2, 0) is 4.79 Å². The van der Waals surface area contributed by atoms with Crippen molar-refractivity contribution < 1.29 is 14.6 Å². The van der Waals surface area contributed by atoms with Gasteiger partial charge in [-0.05, 0) is 18.6 Å². The molecule has 0 aliphatic rings. The molecule has 0 amide bonds. The average Bonchev–Trinajstić information content (AvgIpc) is 2.18. The molecule has 15 heavy (non-hydrogen) atoms. The minimum Gasteiger partial charge on any atom is -0.504 e. The van der Waals surface area contributed by atoms with Crippen molar-refractivity contribution in [1.82, 2.24) is 0 Å². The van der Waals surface area contributed by atoms with E-state index in [4.69, 9.17) is 16.3 Å². The molecule has 0 aliphatic carbocycles. The van der Waals surface area contributed by atoms with E-state index in [0.717, 1.165) is 0 Å². The Morgan fingerprint density at radius 2 is 2.27 bits per heavy atom. The highest BCUT2D eigenvalue weighted by Gasteiger charge is 2.13. The summed E-state index contributed by atoms with van der Waals surface area (Å²) < 4.78 is 4.92. The molecule has 1 aromatic rings. The van der Waals surface area contributed by atoms with Crippen LogP contribution < -0.4 is 4.74 Å². The Balaban J connectivity index is 3.23. The number of aromatic hydroxyl groups is 1. The fraction of sp³-hybridized carbons (Fsp3) is 0.300. The lowest BCUT2D eigenvalue weighted by Gasteiger charge is -2.10. The zero-order valence-corrected chi connectivity index (χ0v) is 9.08. The third-order valence-corrected chi connectivity index (χ3v) is 2.32. The number of aliphatic imine (C=N–C) groups is 1. The second kappa shape index (κ2) is 4.82. The van der Waals surface area contributed by atoms with Crippen LogP contribution in [0.15, 0.2) is 17.1 Å². The Kier molecular flexibility index (Phi) is 3.72. The van der Waals surface area contributed by atoms with Gasteiger partial charge in [0.1, 0.15) is 0 Å². The lowest BCUT2D eigenvalue weighted by Crippen LogP contribution is -1.93. The number of halogens is 1. The number of carbonyl (C=O) groups excluding carboxylic acids is 1. The zero-order valence-electron chi connectivity index (χ0n) is 8.32. The summed E-state index contributed by atoms with van der Waals surface area (Å²) in [5, 5.41) is 9.74. The summed E-state index contributed by atoms with van der Waals surface area (Å²) in [5.41, 5.74) is 0.606. The van der Waals surface area contributed by atoms with Crippen LogP contribution in [0.4, 0.5) is 0 Å². The van der Waals surface area contributed by atoms with E-state index in [9.17, 15) is 9.90 Å². The standard InChI is InChI=1S/C10H10ClNO3/c1-6(12-5-13)7-3-10(15-2)9(14)4-8(7)11/h3-4,6,14H,1-2H3. The Morgan fingerprint density at radius 3 is 2.80 bits per heavy atom. The van der Waals surface area contributed by atoms with Crippen molar-refractivity contribution in [2.24, 2.45) is 4.99 Å². The first kappa shape index (κ1) is 11.6. The normalized spacial score (nSPS) is 11.7. The van der Waals surface area contributed by atoms with Crippen LogP contribution in [0.1, 0.15) is 18.5 Å². The first-order valence-electron chi connectivity index (χ1n) is 4.23. The van der Waals surface area contributed by atoms with Crippen LogP contribution in [0.2, 0.25) is 5.02 Å². The summed E-state index contributed by atoms with van der Waals surface area (Å²) >= 11 is 5.88. The lowest BCUT2D eigenvalue weighted by molar-refractivity contribution is 0.372. The summed E-state index contributed by atoms with van der Waals surface area (Å²) in [5.74, 6) is 0.246. The maximum Gasteiger partial charge on any atom is 0.235 e. The van der Waals surface area contributed by atoms with Gasteiger partial charge in [-0.15, -0.1) is 0 Å². The third-order valence-electron chi connectivity index (χ3n) is 1.99. The fourth-order valence-corrected chi connectivity index (χ4v) is 1.51. The second-order valence-electron chi connectivity index (χ2n) is 2.94. The number of methoxy groups -OCH3 is 1. The Hall–Kier alpha value is -1.51. The molecule has 0 aromatic heterocycles. The number of hydrogen-bond acceptors (Lipinski definition) is 4. The molecule has 0 radical (unpaired) electrons. The third kappa shape index (κ3) is 2.49. The van der Waals surface area contributed by atoms with Gasteiger partial charge in [-0.25, -0.2) is 4.79 Å². The minimum atomic E-state index is -0.413. The number of isocyanates is 1. The Morgan fingerprint density at radius 1 is 1.60 bits per heavy atom. The first-order chi connectivity index (χ1) is 7.10. The number of ether oxygens (including phenoxy) is 1. The summed E-state index contributed by atoms with van der Waals surface area (Å²) in [7, 11) is 1.43. The van der Waals surface area contributed by atoms with Crippen LogP contribution in [0.3, 0.4) is 0 Å². The van der Waals surface area contributed by atoms with Crippen molar-refractivity contribution in [3.8, 4) is 11.5 Å². The number of benzene rings is 1. The van der Waals surface area contributed by atoms with Gasteiger partial charge in [0.15, 0.2) is 11.5 Å². The quantitative estimate of drug-likeness (QED) is 0.637. The maximum atomic E-state index is 10.1. The van der Waals surface area contributed by atoms with Gasteiger partial charge in [-0.3, -0.25) is 0 Å². The SMILES string of the molecule is COc1cc(C(C)N=C=O)c(Cl)cc1O. The number of phenolic OH excluding ortho intramolecular Hbond substituents is 1. The summed E-state index contributed by atoms with van der Waals surface area (Å²) in [6, 6.07) is 2.49. The minimum absolute atomic E-state index is 0.0477. The topological polar surface area (TPSA) is 58.9 Å². The van der Waals surface area contributed by atoms with Crippen LogP contribution >= 0.6 is 11.6 Å². The monoisotopic (exact) mass is 227 g/mol. The first-order valence-corrected chi connectivity index (χ1v) is 4.61. The highest BCUT2D eigenvalue weighted by molar-refractivity contribution is 6.31. The van der Waals surface area contributed by atoms with Crippen molar-refractivity contribution >= 4 is 17.7 Å². The summed E-state index contributed by atoms with van der Waals surface area (Å²) in [6.07, 6.45) is 1.46. The highest BCUT2D eigenvalue weighted by atomic mass is 35.5. The molecule has 0 aliphatic heterocycles. The average molecular weight is 228 g/mol. The fourth-order valence-electron chi connectivity index (χ4n) is 1.19. The molecule has 80 valence electrons. The summed E-state index contributed by atoms with van der Waals surface area (Å²) in [4.78, 5) is 13.6. The second-order valence-corrected chi connectivity index (χ2v) is 3.35. The van der Waals surface area contributed by atoms with Gasteiger partial charge in [-0.1, -0.05) is 11.6 Å². The lowest BCUT2D eigenvalue weighted by atomic mass is 10.1. The molecule has 4 nitrogen and oxygen atoms in total. The predicted octanol–water partition coefficient (Wildman–Crippen LogP) is 2.45.